The molecular formula is C5H8N3. The second kappa shape index (κ2) is 1.94. The van der Waals surface area contributed by atoms with Gasteiger partial charge in [0.05, 0.1) is 0 Å². The molecule has 0 bridgehead atoms. The zero-order valence-corrected chi connectivity index (χ0v) is 4.83. The maximum Gasteiger partial charge on any atom is 0.147 e. The van der Waals surface area contributed by atoms with Crippen molar-refractivity contribution in [2.45, 2.75) is 13.5 Å². The van der Waals surface area contributed by atoms with Gasteiger partial charge in [0.1, 0.15) is 12.2 Å². The first-order valence-electron chi connectivity index (χ1n) is 2.48. The number of rotatable bonds is 1. The third-order valence-electron chi connectivity index (χ3n) is 0.880. The van der Waals surface area contributed by atoms with Gasteiger partial charge in [0.15, 0.2) is 0 Å². The Morgan fingerprint density at radius 2 is 2.62 bits per heavy atom. The molecule has 1 radical (unpaired) electrons. The monoisotopic (exact) mass is 110 g/mol. The first-order valence-corrected chi connectivity index (χ1v) is 2.48. The summed E-state index contributed by atoms with van der Waals surface area (Å²) in [6.45, 7) is 6.14. The summed E-state index contributed by atoms with van der Waals surface area (Å²) in [4.78, 5) is 3.90. The molecule has 1 rings (SSSR count). The fraction of sp³-hybridized carbons (Fsp3) is 0.400. The van der Waals surface area contributed by atoms with E-state index in [1.807, 2.05) is 6.92 Å². The molecule has 0 aliphatic rings. The summed E-state index contributed by atoms with van der Waals surface area (Å²) >= 11 is 0. The van der Waals surface area contributed by atoms with Crippen LogP contribution in [0.1, 0.15) is 5.82 Å². The number of hydrogen-bond donors (Lipinski definition) is 0. The van der Waals surface area contributed by atoms with Gasteiger partial charge < -0.3 is 0 Å². The van der Waals surface area contributed by atoms with E-state index in [4.69, 9.17) is 0 Å². The van der Waals surface area contributed by atoms with Crippen LogP contribution in [0.15, 0.2) is 6.33 Å². The maximum absolute atomic E-state index is 3.97. The van der Waals surface area contributed by atoms with Gasteiger partial charge in [0.25, 0.3) is 0 Å². The molecule has 0 saturated heterocycles. The molecule has 0 aliphatic heterocycles. The van der Waals surface area contributed by atoms with E-state index in [-0.39, 0.29) is 0 Å². The molecule has 1 aromatic rings. The van der Waals surface area contributed by atoms with E-state index >= 15 is 0 Å². The van der Waals surface area contributed by atoms with Crippen LogP contribution in [-0.4, -0.2) is 14.8 Å². The molecule has 1 heterocycles. The minimum atomic E-state index is 0.654. The molecule has 1 aromatic heterocycles. The second-order valence-electron chi connectivity index (χ2n) is 1.55. The first kappa shape index (κ1) is 5.28. The molecule has 0 N–H and O–H groups in total. The smallest absolute Gasteiger partial charge is 0.147 e. The van der Waals surface area contributed by atoms with Gasteiger partial charge in [-0.3, -0.25) is 4.68 Å². The van der Waals surface area contributed by atoms with Gasteiger partial charge >= 0.3 is 0 Å². The largest absolute Gasteiger partial charge is 0.253 e. The lowest BCUT2D eigenvalue weighted by atomic mass is 10.8. The molecule has 0 spiro atoms. The molecule has 43 valence electrons. The Balaban J connectivity index is 2.84. The van der Waals surface area contributed by atoms with Crippen molar-refractivity contribution in [3.05, 3.63) is 19.1 Å². The Morgan fingerprint density at radius 3 is 2.88 bits per heavy atom. The van der Waals surface area contributed by atoms with Gasteiger partial charge in [-0.15, -0.1) is 0 Å². The van der Waals surface area contributed by atoms with Crippen LogP contribution in [0.2, 0.25) is 0 Å². The highest BCUT2D eigenvalue weighted by molar-refractivity contribution is 4.74. The summed E-state index contributed by atoms with van der Waals surface area (Å²) < 4.78 is 1.69. The van der Waals surface area contributed by atoms with Crippen LogP contribution in [0.3, 0.4) is 0 Å². The molecule has 8 heavy (non-hydrogen) atoms. The molecule has 3 nitrogen and oxygen atoms in total. The van der Waals surface area contributed by atoms with Crippen molar-refractivity contribution in [3.63, 3.8) is 0 Å². The van der Waals surface area contributed by atoms with E-state index in [9.17, 15) is 0 Å². The van der Waals surface area contributed by atoms with Crippen molar-refractivity contribution in [2.24, 2.45) is 0 Å². The highest BCUT2D eigenvalue weighted by Gasteiger charge is 1.87. The minimum Gasteiger partial charge on any atom is -0.253 e. The lowest BCUT2D eigenvalue weighted by molar-refractivity contribution is 0.691. The molecule has 0 fully saturated rings. The highest BCUT2D eigenvalue weighted by Crippen LogP contribution is 1.83. The van der Waals surface area contributed by atoms with Crippen LogP contribution in [0.25, 0.3) is 0 Å². The summed E-state index contributed by atoms with van der Waals surface area (Å²) in [7, 11) is 0. The maximum atomic E-state index is 3.97. The third-order valence-corrected chi connectivity index (χ3v) is 0.880. The zero-order chi connectivity index (χ0) is 5.98. The molecule has 0 atom stereocenters. The molecular weight excluding hydrogens is 102 g/mol. The van der Waals surface area contributed by atoms with Gasteiger partial charge in [-0.05, 0) is 13.8 Å². The van der Waals surface area contributed by atoms with Crippen molar-refractivity contribution in [2.75, 3.05) is 0 Å². The van der Waals surface area contributed by atoms with E-state index in [2.05, 4.69) is 17.0 Å². The van der Waals surface area contributed by atoms with Crippen molar-refractivity contribution in [1.29, 1.82) is 0 Å². The molecule has 0 saturated carbocycles. The van der Waals surface area contributed by atoms with E-state index < -0.39 is 0 Å². The summed E-state index contributed by atoms with van der Waals surface area (Å²) in [5, 5.41) is 3.97. The normalized spacial score (nSPS) is 9.75. The second-order valence-corrected chi connectivity index (χ2v) is 1.55. The number of aryl methyl sites for hydroxylation is 1. The number of nitrogens with zero attached hydrogens (tertiary/aromatic N) is 3. The Kier molecular flexibility index (Phi) is 1.28. The number of aromatic nitrogens is 3. The standard InChI is InChI=1S/C5H8N3/c1-3-8-4-6-5(2)7-8/h4H,1,3H2,2H3. The van der Waals surface area contributed by atoms with Gasteiger partial charge in [-0.25, -0.2) is 4.98 Å². The van der Waals surface area contributed by atoms with Crippen molar-refractivity contribution < 1.29 is 0 Å². The lowest BCUT2D eigenvalue weighted by Gasteiger charge is -1.86. The van der Waals surface area contributed by atoms with Crippen molar-refractivity contribution >= 4 is 0 Å². The minimum absolute atomic E-state index is 0.654. The molecule has 0 aliphatic carbocycles. The first-order chi connectivity index (χ1) is 3.83. The topological polar surface area (TPSA) is 30.7 Å². The fourth-order valence-electron chi connectivity index (χ4n) is 0.495. The Bertz CT molecular complexity index is 168. The van der Waals surface area contributed by atoms with E-state index in [1.165, 1.54) is 0 Å². The van der Waals surface area contributed by atoms with Crippen LogP contribution in [0.5, 0.6) is 0 Å². The van der Waals surface area contributed by atoms with Gasteiger partial charge in [-0.1, -0.05) is 0 Å². The Labute approximate surface area is 48.4 Å². The van der Waals surface area contributed by atoms with E-state index in [0.717, 1.165) is 5.82 Å². The fourth-order valence-corrected chi connectivity index (χ4v) is 0.495. The summed E-state index contributed by atoms with van der Waals surface area (Å²) in [6, 6.07) is 0. The third kappa shape index (κ3) is 0.857. The molecule has 0 unspecified atom stereocenters. The summed E-state index contributed by atoms with van der Waals surface area (Å²) in [5.41, 5.74) is 0. The van der Waals surface area contributed by atoms with Crippen LogP contribution in [0.4, 0.5) is 0 Å². The van der Waals surface area contributed by atoms with Crippen LogP contribution >= 0.6 is 0 Å². The quantitative estimate of drug-likeness (QED) is 0.524. The summed E-state index contributed by atoms with van der Waals surface area (Å²) in [6.07, 6.45) is 1.67. The average Bonchev–Trinajstić information content (AvgIpc) is 2.14. The van der Waals surface area contributed by atoms with Gasteiger partial charge in [-0.2, -0.15) is 5.10 Å². The predicted molar refractivity (Wildman–Crippen MR) is 30.1 cm³/mol. The SMILES string of the molecule is [CH2]Cn1cnc(C)n1. The van der Waals surface area contributed by atoms with Crippen LogP contribution < -0.4 is 0 Å². The summed E-state index contributed by atoms with van der Waals surface area (Å²) in [5.74, 6) is 0.800. The lowest BCUT2D eigenvalue weighted by Crippen LogP contribution is -1.93. The van der Waals surface area contributed by atoms with Crippen LogP contribution in [0, 0.1) is 13.8 Å². The van der Waals surface area contributed by atoms with Gasteiger partial charge in [0, 0.05) is 6.54 Å². The Hall–Kier alpha value is -0.860. The Morgan fingerprint density at radius 1 is 1.88 bits per heavy atom. The molecule has 0 amide bonds. The number of hydrogen-bond acceptors (Lipinski definition) is 2. The van der Waals surface area contributed by atoms with Crippen LogP contribution in [-0.2, 0) is 6.54 Å². The molecule has 0 aromatic carbocycles. The van der Waals surface area contributed by atoms with Crippen molar-refractivity contribution in [3.8, 4) is 0 Å². The average molecular weight is 110 g/mol. The van der Waals surface area contributed by atoms with Crippen molar-refractivity contribution in [1.82, 2.24) is 14.8 Å². The van der Waals surface area contributed by atoms with E-state index in [0.29, 0.717) is 6.54 Å². The van der Waals surface area contributed by atoms with E-state index in [1.54, 1.807) is 11.0 Å². The zero-order valence-electron chi connectivity index (χ0n) is 4.83. The molecule has 3 heteroatoms. The highest BCUT2D eigenvalue weighted by atomic mass is 15.3. The predicted octanol–water partition coefficient (Wildman–Crippen LogP) is 0.421. The van der Waals surface area contributed by atoms with Gasteiger partial charge in [0.2, 0.25) is 0 Å².